The zero-order valence-electron chi connectivity index (χ0n) is 18.4. The smallest absolute Gasteiger partial charge is 0.318 e. The van der Waals surface area contributed by atoms with Crippen LogP contribution in [0.3, 0.4) is 0 Å². The van der Waals surface area contributed by atoms with Gasteiger partial charge in [-0.2, -0.15) is 0 Å². The van der Waals surface area contributed by atoms with Gasteiger partial charge < -0.3 is 15.0 Å². The molecule has 1 N–H and O–H groups in total. The van der Waals surface area contributed by atoms with Crippen molar-refractivity contribution in [1.29, 1.82) is 0 Å². The summed E-state index contributed by atoms with van der Waals surface area (Å²) in [4.78, 5) is 16.9. The third-order valence-electron chi connectivity index (χ3n) is 5.96. The van der Waals surface area contributed by atoms with Crippen molar-refractivity contribution in [3.8, 4) is 5.75 Å². The molecule has 0 spiro atoms. The van der Waals surface area contributed by atoms with Crippen molar-refractivity contribution >= 4 is 6.03 Å². The number of amides is 2. The Morgan fingerprint density at radius 3 is 2.45 bits per heavy atom. The average Bonchev–Trinajstić information content (AvgIpc) is 2.76. The van der Waals surface area contributed by atoms with Crippen LogP contribution in [-0.4, -0.2) is 48.6 Å². The van der Waals surface area contributed by atoms with E-state index in [2.05, 4.69) is 10.2 Å². The van der Waals surface area contributed by atoms with Gasteiger partial charge in [0.05, 0.1) is 13.2 Å². The van der Waals surface area contributed by atoms with Crippen LogP contribution in [0.4, 0.5) is 13.6 Å². The Morgan fingerprint density at radius 1 is 1.19 bits per heavy atom. The second-order valence-electron chi connectivity index (χ2n) is 7.98. The summed E-state index contributed by atoms with van der Waals surface area (Å²) in [5, 5.41) is 3.15. The number of carbonyl (C=O) groups is 1. The zero-order valence-corrected chi connectivity index (χ0v) is 18.4. The molecule has 168 valence electrons. The molecule has 1 fully saturated rings. The van der Waals surface area contributed by atoms with Gasteiger partial charge in [0, 0.05) is 32.2 Å². The van der Waals surface area contributed by atoms with E-state index in [0.717, 1.165) is 37.1 Å². The van der Waals surface area contributed by atoms with E-state index in [0.29, 0.717) is 13.1 Å². The minimum absolute atomic E-state index is 0.102. The monoisotopic (exact) mass is 431 g/mol. The summed E-state index contributed by atoms with van der Waals surface area (Å²) in [5.74, 6) is -0.384. The molecule has 1 aliphatic rings. The topological polar surface area (TPSA) is 44.8 Å². The molecule has 2 amide bonds. The Bertz CT molecular complexity index is 868. The van der Waals surface area contributed by atoms with Gasteiger partial charge in [0.1, 0.15) is 5.82 Å². The standard InChI is InChI=1S/C24H31F2N3O2/c1-4-29(17(2)19-6-8-20(25)9-7-19)24(30)27-21-11-13-28(14-12-21)16-18-5-10-23(31-3)22(26)15-18/h5-10,15,17,21H,4,11-14,16H2,1-3H3,(H,27,30). The van der Waals surface area contributed by atoms with Gasteiger partial charge in [-0.3, -0.25) is 4.90 Å². The van der Waals surface area contributed by atoms with Crippen molar-refractivity contribution in [2.45, 2.75) is 45.3 Å². The summed E-state index contributed by atoms with van der Waals surface area (Å²) < 4.78 is 32.1. The SMILES string of the molecule is CCN(C(=O)NC1CCN(Cc2ccc(OC)c(F)c2)CC1)C(C)c1ccc(F)cc1. The van der Waals surface area contributed by atoms with Crippen molar-refractivity contribution in [2.24, 2.45) is 0 Å². The first-order valence-corrected chi connectivity index (χ1v) is 10.8. The molecule has 1 heterocycles. The normalized spacial score (nSPS) is 16.0. The predicted molar refractivity (Wildman–Crippen MR) is 117 cm³/mol. The molecular weight excluding hydrogens is 400 g/mol. The van der Waals surface area contributed by atoms with E-state index in [4.69, 9.17) is 4.74 Å². The maximum Gasteiger partial charge on any atom is 0.318 e. The van der Waals surface area contributed by atoms with Crippen molar-refractivity contribution in [3.63, 3.8) is 0 Å². The van der Waals surface area contributed by atoms with Crippen LogP contribution in [-0.2, 0) is 6.54 Å². The molecule has 1 unspecified atom stereocenters. The second kappa shape index (κ2) is 10.6. The summed E-state index contributed by atoms with van der Waals surface area (Å²) >= 11 is 0. The maximum absolute atomic E-state index is 13.9. The van der Waals surface area contributed by atoms with E-state index in [-0.39, 0.29) is 35.5 Å². The zero-order chi connectivity index (χ0) is 22.4. The molecule has 0 aromatic heterocycles. The first-order valence-electron chi connectivity index (χ1n) is 10.8. The molecule has 0 saturated carbocycles. The number of likely N-dealkylation sites (tertiary alicyclic amines) is 1. The third kappa shape index (κ3) is 5.94. The summed E-state index contributed by atoms with van der Waals surface area (Å²) in [5.41, 5.74) is 1.81. The van der Waals surface area contributed by atoms with Gasteiger partial charge in [-0.1, -0.05) is 18.2 Å². The molecule has 0 bridgehead atoms. The van der Waals surface area contributed by atoms with E-state index in [1.54, 1.807) is 23.1 Å². The number of nitrogens with one attached hydrogen (secondary N) is 1. The van der Waals surface area contributed by atoms with Gasteiger partial charge in [-0.15, -0.1) is 0 Å². The van der Waals surface area contributed by atoms with Crippen LogP contribution in [0.25, 0.3) is 0 Å². The van der Waals surface area contributed by atoms with Crippen LogP contribution >= 0.6 is 0 Å². The number of piperidine rings is 1. The van der Waals surface area contributed by atoms with Crippen LogP contribution in [0.5, 0.6) is 5.75 Å². The number of hydrogen-bond donors (Lipinski definition) is 1. The van der Waals surface area contributed by atoms with Crippen molar-refractivity contribution in [1.82, 2.24) is 15.1 Å². The lowest BCUT2D eigenvalue weighted by Gasteiger charge is -2.35. The molecule has 1 aliphatic heterocycles. The molecule has 1 atom stereocenters. The first-order chi connectivity index (χ1) is 14.9. The highest BCUT2D eigenvalue weighted by Gasteiger charge is 2.25. The molecule has 1 saturated heterocycles. The number of methoxy groups -OCH3 is 1. The van der Waals surface area contributed by atoms with Gasteiger partial charge in [0.25, 0.3) is 0 Å². The lowest BCUT2D eigenvalue weighted by molar-refractivity contribution is 0.160. The fourth-order valence-corrected chi connectivity index (χ4v) is 4.07. The van der Waals surface area contributed by atoms with Crippen molar-refractivity contribution < 1.29 is 18.3 Å². The lowest BCUT2D eigenvalue weighted by atomic mass is 10.0. The summed E-state index contributed by atoms with van der Waals surface area (Å²) in [6.45, 7) is 6.79. The number of carbonyl (C=O) groups excluding carboxylic acids is 1. The highest BCUT2D eigenvalue weighted by molar-refractivity contribution is 5.75. The quantitative estimate of drug-likeness (QED) is 0.689. The second-order valence-corrected chi connectivity index (χ2v) is 7.98. The van der Waals surface area contributed by atoms with Gasteiger partial charge in [-0.05, 0) is 62.1 Å². The summed E-state index contributed by atoms with van der Waals surface area (Å²) in [6.07, 6.45) is 1.68. The molecule has 7 heteroatoms. The minimum Gasteiger partial charge on any atom is -0.494 e. The average molecular weight is 432 g/mol. The maximum atomic E-state index is 13.9. The molecular formula is C24H31F2N3O2. The van der Waals surface area contributed by atoms with Gasteiger partial charge in [0.15, 0.2) is 11.6 Å². The van der Waals surface area contributed by atoms with Gasteiger partial charge in [0.2, 0.25) is 0 Å². The van der Waals surface area contributed by atoms with Crippen molar-refractivity contribution in [3.05, 3.63) is 65.2 Å². The van der Waals surface area contributed by atoms with Crippen LogP contribution in [0.1, 0.15) is 43.9 Å². The number of nitrogens with zero attached hydrogens (tertiary/aromatic N) is 2. The van der Waals surface area contributed by atoms with Crippen LogP contribution in [0, 0.1) is 11.6 Å². The Balaban J connectivity index is 1.50. The third-order valence-corrected chi connectivity index (χ3v) is 5.96. The highest BCUT2D eigenvalue weighted by Crippen LogP contribution is 2.22. The number of ether oxygens (including phenoxy) is 1. The predicted octanol–water partition coefficient (Wildman–Crippen LogP) is 4.73. The van der Waals surface area contributed by atoms with E-state index < -0.39 is 0 Å². The van der Waals surface area contributed by atoms with Gasteiger partial charge >= 0.3 is 6.03 Å². The molecule has 3 rings (SSSR count). The first kappa shape index (κ1) is 23.0. The molecule has 0 radical (unpaired) electrons. The fourth-order valence-electron chi connectivity index (χ4n) is 4.07. The van der Waals surface area contributed by atoms with Crippen LogP contribution in [0.2, 0.25) is 0 Å². The van der Waals surface area contributed by atoms with Gasteiger partial charge in [-0.25, -0.2) is 13.6 Å². The van der Waals surface area contributed by atoms with E-state index in [1.807, 2.05) is 19.9 Å². The molecule has 5 nitrogen and oxygen atoms in total. The van der Waals surface area contributed by atoms with E-state index in [1.165, 1.54) is 25.3 Å². The van der Waals surface area contributed by atoms with E-state index >= 15 is 0 Å². The largest absolute Gasteiger partial charge is 0.494 e. The number of halogens is 2. The summed E-state index contributed by atoms with van der Waals surface area (Å²) in [6, 6.07) is 11.2. The van der Waals surface area contributed by atoms with Crippen molar-refractivity contribution in [2.75, 3.05) is 26.7 Å². The Kier molecular flexibility index (Phi) is 7.85. The highest BCUT2D eigenvalue weighted by atomic mass is 19.1. The number of rotatable bonds is 7. The molecule has 2 aromatic rings. The van der Waals surface area contributed by atoms with E-state index in [9.17, 15) is 13.6 Å². The summed E-state index contributed by atoms with van der Waals surface area (Å²) in [7, 11) is 1.46. The Morgan fingerprint density at radius 2 is 1.87 bits per heavy atom. The molecule has 0 aliphatic carbocycles. The van der Waals surface area contributed by atoms with Crippen LogP contribution in [0.15, 0.2) is 42.5 Å². The number of hydrogen-bond acceptors (Lipinski definition) is 3. The lowest BCUT2D eigenvalue weighted by Crippen LogP contribution is -2.49. The fraction of sp³-hybridized carbons (Fsp3) is 0.458. The number of urea groups is 1. The van der Waals surface area contributed by atoms with Crippen LogP contribution < -0.4 is 10.1 Å². The Labute approximate surface area is 183 Å². The molecule has 2 aromatic carbocycles. The Hall–Kier alpha value is -2.67. The molecule has 31 heavy (non-hydrogen) atoms. The minimum atomic E-state index is -0.350. The number of benzene rings is 2.